The highest BCUT2D eigenvalue weighted by molar-refractivity contribution is 8.01. The van der Waals surface area contributed by atoms with Crippen LogP contribution in [0.5, 0.6) is 0 Å². The lowest BCUT2D eigenvalue weighted by molar-refractivity contribution is -0.154. The number of esters is 2. The van der Waals surface area contributed by atoms with E-state index in [0.29, 0.717) is 18.6 Å². The number of nitrogens with two attached hydrogens (primary N) is 1. The predicted octanol–water partition coefficient (Wildman–Crippen LogP) is 1.88. The van der Waals surface area contributed by atoms with Gasteiger partial charge in [-0.05, 0) is 20.3 Å². The summed E-state index contributed by atoms with van der Waals surface area (Å²) in [4.78, 5) is 38.2. The first-order chi connectivity index (χ1) is 12.8. The molecule has 2 saturated heterocycles. The van der Waals surface area contributed by atoms with E-state index in [2.05, 4.69) is 0 Å². The molecule has 10 heteroatoms. The number of nitrogens with zero attached hydrogens (tertiary/aromatic N) is 2. The minimum absolute atomic E-state index is 0.0610. The van der Waals surface area contributed by atoms with Crippen LogP contribution >= 0.6 is 23.1 Å². The lowest BCUT2D eigenvalue weighted by Gasteiger charge is -2.29. The van der Waals surface area contributed by atoms with Gasteiger partial charge in [0, 0.05) is 17.7 Å². The van der Waals surface area contributed by atoms with Crippen molar-refractivity contribution >= 4 is 45.9 Å². The van der Waals surface area contributed by atoms with E-state index in [0.717, 1.165) is 11.3 Å². The Kier molecular flexibility index (Phi) is 5.35. The number of thiophene rings is 1. The summed E-state index contributed by atoms with van der Waals surface area (Å²) in [5.74, 6) is -0.762. The van der Waals surface area contributed by atoms with Gasteiger partial charge in [0.15, 0.2) is 0 Å². The predicted molar refractivity (Wildman–Crippen MR) is 99.9 cm³/mol. The zero-order valence-electron chi connectivity index (χ0n) is 14.9. The van der Waals surface area contributed by atoms with Gasteiger partial charge >= 0.3 is 11.9 Å². The van der Waals surface area contributed by atoms with Crippen LogP contribution in [0.4, 0.5) is 5.00 Å². The zero-order valence-corrected chi connectivity index (χ0v) is 16.6. The van der Waals surface area contributed by atoms with E-state index in [1.807, 2.05) is 13.0 Å². The standard InChI is InChI=1S/C17H19N3O5S2/c1-3-24-16(23)13-10(9(6-18)14(19)27-13)7-25-15(22)11-8-26-17(2)5-4-12(21)20(11)17/h11H,3-5,7-8,19H2,1-2H3/t11-,17+/m1/s1. The van der Waals surface area contributed by atoms with Gasteiger partial charge in [0.1, 0.15) is 28.6 Å². The molecule has 2 aliphatic heterocycles. The molecule has 2 aliphatic rings. The fourth-order valence-corrected chi connectivity index (χ4v) is 5.68. The Balaban J connectivity index is 1.77. The summed E-state index contributed by atoms with van der Waals surface area (Å²) in [5.41, 5.74) is 6.17. The summed E-state index contributed by atoms with van der Waals surface area (Å²) in [6.07, 6.45) is 1.12. The maximum atomic E-state index is 12.6. The van der Waals surface area contributed by atoms with Crippen LogP contribution in [-0.2, 0) is 25.7 Å². The Morgan fingerprint density at radius 2 is 2.19 bits per heavy atom. The van der Waals surface area contributed by atoms with Crippen molar-refractivity contribution in [2.24, 2.45) is 0 Å². The monoisotopic (exact) mass is 409 g/mol. The van der Waals surface area contributed by atoms with Gasteiger partial charge in [0.05, 0.1) is 17.0 Å². The summed E-state index contributed by atoms with van der Waals surface area (Å²) >= 11 is 2.50. The average Bonchev–Trinajstić information content (AvgIpc) is 3.24. The molecule has 0 spiro atoms. The Morgan fingerprint density at radius 1 is 1.44 bits per heavy atom. The molecule has 0 aliphatic carbocycles. The summed E-state index contributed by atoms with van der Waals surface area (Å²) in [7, 11) is 0. The van der Waals surface area contributed by atoms with Crippen molar-refractivity contribution in [3.63, 3.8) is 0 Å². The summed E-state index contributed by atoms with van der Waals surface area (Å²) in [6.45, 7) is 3.51. The van der Waals surface area contributed by atoms with Crippen LogP contribution < -0.4 is 5.73 Å². The largest absolute Gasteiger partial charge is 0.462 e. The SMILES string of the molecule is CCOC(=O)c1sc(N)c(C#N)c1COC(=O)[C@H]1CS[C@@]2(C)CCC(=O)N12. The van der Waals surface area contributed by atoms with Gasteiger partial charge in [-0.3, -0.25) is 4.79 Å². The number of carbonyl (C=O) groups is 3. The summed E-state index contributed by atoms with van der Waals surface area (Å²) in [5, 5.41) is 9.49. The minimum atomic E-state index is -0.664. The normalized spacial score (nSPS) is 23.8. The maximum absolute atomic E-state index is 12.6. The van der Waals surface area contributed by atoms with E-state index in [1.165, 1.54) is 0 Å². The molecule has 1 aromatic heterocycles. The fraction of sp³-hybridized carbons (Fsp3) is 0.529. The molecule has 2 N–H and O–H groups in total. The van der Waals surface area contributed by atoms with E-state index in [4.69, 9.17) is 15.2 Å². The quantitative estimate of drug-likeness (QED) is 0.731. The molecule has 2 fully saturated rings. The van der Waals surface area contributed by atoms with Gasteiger partial charge < -0.3 is 20.1 Å². The first-order valence-electron chi connectivity index (χ1n) is 8.43. The average molecular weight is 409 g/mol. The second-order valence-electron chi connectivity index (χ2n) is 6.35. The van der Waals surface area contributed by atoms with Crippen molar-refractivity contribution in [3.8, 4) is 6.07 Å². The third-order valence-corrected chi connectivity index (χ3v) is 7.23. The number of fused-ring (bicyclic) bond motifs is 1. The van der Waals surface area contributed by atoms with E-state index >= 15 is 0 Å². The molecule has 144 valence electrons. The number of rotatable bonds is 5. The number of ether oxygens (including phenoxy) is 2. The third kappa shape index (κ3) is 3.37. The van der Waals surface area contributed by atoms with Gasteiger partial charge in [-0.15, -0.1) is 23.1 Å². The van der Waals surface area contributed by atoms with Gasteiger partial charge in [-0.25, -0.2) is 9.59 Å². The van der Waals surface area contributed by atoms with Crippen LogP contribution in [0.15, 0.2) is 0 Å². The van der Waals surface area contributed by atoms with Gasteiger partial charge in [0.2, 0.25) is 5.91 Å². The first kappa shape index (κ1) is 19.5. The number of nitrogen functional groups attached to an aromatic ring is 1. The minimum Gasteiger partial charge on any atom is -0.462 e. The molecule has 0 unspecified atom stereocenters. The number of hydrogen-bond acceptors (Lipinski definition) is 9. The maximum Gasteiger partial charge on any atom is 0.348 e. The van der Waals surface area contributed by atoms with Gasteiger partial charge in [-0.2, -0.15) is 5.26 Å². The number of anilines is 1. The fourth-order valence-electron chi connectivity index (χ4n) is 3.34. The molecule has 8 nitrogen and oxygen atoms in total. The molecule has 0 bridgehead atoms. The molecule has 1 amide bonds. The van der Waals surface area contributed by atoms with Crippen molar-refractivity contribution < 1.29 is 23.9 Å². The Bertz CT molecular complexity index is 846. The van der Waals surface area contributed by atoms with Crippen LogP contribution in [0.2, 0.25) is 0 Å². The molecule has 27 heavy (non-hydrogen) atoms. The Hall–Kier alpha value is -2.25. The lowest BCUT2D eigenvalue weighted by atomic mass is 10.1. The van der Waals surface area contributed by atoms with Crippen LogP contribution in [0.3, 0.4) is 0 Å². The summed E-state index contributed by atoms with van der Waals surface area (Å²) < 4.78 is 10.4. The molecular formula is C17H19N3O5S2. The Labute approximate surface area is 164 Å². The van der Waals surface area contributed by atoms with Crippen molar-refractivity contribution in [2.75, 3.05) is 18.1 Å². The number of hydrogen-bond donors (Lipinski definition) is 1. The highest BCUT2D eigenvalue weighted by atomic mass is 32.2. The van der Waals surface area contributed by atoms with Crippen molar-refractivity contribution in [1.82, 2.24) is 4.90 Å². The number of carbonyl (C=O) groups excluding carboxylic acids is 3. The van der Waals surface area contributed by atoms with Crippen molar-refractivity contribution in [1.29, 1.82) is 5.26 Å². The first-order valence-corrected chi connectivity index (χ1v) is 10.2. The van der Waals surface area contributed by atoms with Crippen molar-refractivity contribution in [3.05, 3.63) is 16.0 Å². The summed E-state index contributed by atoms with van der Waals surface area (Å²) in [6, 6.07) is 1.28. The van der Waals surface area contributed by atoms with Gasteiger partial charge in [0.25, 0.3) is 0 Å². The molecule has 3 rings (SSSR count). The molecule has 0 radical (unpaired) electrons. The van der Waals surface area contributed by atoms with E-state index in [-0.39, 0.29) is 45.0 Å². The highest BCUT2D eigenvalue weighted by Gasteiger charge is 2.53. The van der Waals surface area contributed by atoms with E-state index in [1.54, 1.807) is 23.6 Å². The zero-order chi connectivity index (χ0) is 19.8. The third-order valence-electron chi connectivity index (χ3n) is 4.68. The van der Waals surface area contributed by atoms with Crippen LogP contribution in [0.25, 0.3) is 0 Å². The molecule has 3 heterocycles. The molecule has 1 aromatic rings. The molecule has 0 saturated carbocycles. The van der Waals surface area contributed by atoms with E-state index < -0.39 is 18.0 Å². The second-order valence-corrected chi connectivity index (χ2v) is 8.91. The van der Waals surface area contributed by atoms with Crippen molar-refractivity contribution in [2.45, 2.75) is 44.2 Å². The van der Waals surface area contributed by atoms with Gasteiger partial charge in [-0.1, -0.05) is 0 Å². The highest BCUT2D eigenvalue weighted by Crippen LogP contribution is 2.47. The number of nitriles is 1. The smallest absolute Gasteiger partial charge is 0.348 e. The molecule has 0 aromatic carbocycles. The van der Waals surface area contributed by atoms with Crippen LogP contribution in [0.1, 0.15) is 47.5 Å². The second kappa shape index (κ2) is 7.40. The van der Waals surface area contributed by atoms with Crippen LogP contribution in [-0.4, -0.2) is 46.0 Å². The topological polar surface area (TPSA) is 123 Å². The molecular weight excluding hydrogens is 390 g/mol. The van der Waals surface area contributed by atoms with E-state index in [9.17, 15) is 19.6 Å². The number of thioether (sulfide) groups is 1. The van der Waals surface area contributed by atoms with Crippen LogP contribution in [0, 0.1) is 11.3 Å². The molecule has 2 atom stereocenters. The Morgan fingerprint density at radius 3 is 2.85 bits per heavy atom. The lowest BCUT2D eigenvalue weighted by Crippen LogP contribution is -2.46. The number of amides is 1.